The fourth-order valence-electron chi connectivity index (χ4n) is 2.62. The van der Waals surface area contributed by atoms with Crippen molar-refractivity contribution in [1.29, 1.82) is 0 Å². The van der Waals surface area contributed by atoms with Gasteiger partial charge in [-0.1, -0.05) is 5.16 Å². The molecular weight excluding hydrogens is 378 g/mol. The van der Waals surface area contributed by atoms with Crippen LogP contribution in [-0.2, 0) is 11.2 Å². The average molecular weight is 399 g/mol. The molecule has 1 aromatic carbocycles. The number of ether oxygens (including phenoxy) is 3. The molecule has 10 heteroatoms. The van der Waals surface area contributed by atoms with Crippen LogP contribution in [0.2, 0.25) is 0 Å². The Kier molecular flexibility index (Phi) is 6.46. The zero-order valence-electron chi connectivity index (χ0n) is 16.3. The average Bonchev–Trinajstić information content (AvgIpc) is 3.25. The first-order valence-electron chi connectivity index (χ1n) is 8.72. The Bertz CT molecular complexity index is 936. The van der Waals surface area contributed by atoms with Gasteiger partial charge in [0.1, 0.15) is 0 Å². The van der Waals surface area contributed by atoms with E-state index in [4.69, 9.17) is 18.7 Å². The van der Waals surface area contributed by atoms with Crippen LogP contribution in [0.25, 0.3) is 11.4 Å². The molecule has 0 aliphatic carbocycles. The standard InChI is InChI=1S/C19H21N5O5/c1-26-14-10-12(11-15(27-2)17(14)28-3)4-5-16(25)22-23-19-21-18(24-29-19)13-6-8-20-9-7-13/h6-11H,4-5H2,1-3H3,(H,22,25)(H,21,23,24). The summed E-state index contributed by atoms with van der Waals surface area (Å²) in [6, 6.07) is 7.20. The first-order valence-corrected chi connectivity index (χ1v) is 8.72. The monoisotopic (exact) mass is 399 g/mol. The first kappa shape index (κ1) is 19.9. The first-order chi connectivity index (χ1) is 14.1. The van der Waals surface area contributed by atoms with Gasteiger partial charge in [-0.15, -0.1) is 0 Å². The molecule has 1 amide bonds. The summed E-state index contributed by atoms with van der Waals surface area (Å²) < 4.78 is 21.0. The van der Waals surface area contributed by atoms with Crippen LogP contribution in [0.3, 0.4) is 0 Å². The molecule has 3 aromatic rings. The zero-order chi connectivity index (χ0) is 20.6. The van der Waals surface area contributed by atoms with Crippen molar-refractivity contribution < 1.29 is 23.5 Å². The smallest absolute Gasteiger partial charge is 0.340 e. The number of pyridine rings is 1. The van der Waals surface area contributed by atoms with Crippen molar-refractivity contribution in [3.63, 3.8) is 0 Å². The molecule has 2 heterocycles. The van der Waals surface area contributed by atoms with Gasteiger partial charge in [-0.2, -0.15) is 4.98 Å². The quantitative estimate of drug-likeness (QED) is 0.522. The summed E-state index contributed by atoms with van der Waals surface area (Å²) in [6.07, 6.45) is 3.95. The minimum absolute atomic E-state index is 0.0814. The van der Waals surface area contributed by atoms with Gasteiger partial charge in [0.25, 0.3) is 0 Å². The highest BCUT2D eigenvalue weighted by Crippen LogP contribution is 2.38. The zero-order valence-corrected chi connectivity index (χ0v) is 16.3. The van der Waals surface area contributed by atoms with E-state index in [2.05, 4.69) is 26.0 Å². The van der Waals surface area contributed by atoms with Crippen LogP contribution in [0, 0.1) is 0 Å². The van der Waals surface area contributed by atoms with E-state index < -0.39 is 0 Å². The molecule has 0 aliphatic heterocycles. The third kappa shape index (κ3) is 4.92. The number of hydrogen-bond donors (Lipinski definition) is 2. The van der Waals surface area contributed by atoms with Gasteiger partial charge in [0.15, 0.2) is 11.5 Å². The molecule has 0 bridgehead atoms. The molecule has 152 valence electrons. The molecule has 3 rings (SSSR count). The molecule has 0 aliphatic rings. The molecule has 2 N–H and O–H groups in total. The number of hydrogen-bond acceptors (Lipinski definition) is 9. The highest BCUT2D eigenvalue weighted by Gasteiger charge is 2.14. The molecule has 0 saturated carbocycles. The van der Waals surface area contributed by atoms with E-state index in [1.807, 2.05) is 0 Å². The largest absolute Gasteiger partial charge is 0.493 e. The topological polar surface area (TPSA) is 121 Å². The van der Waals surface area contributed by atoms with Gasteiger partial charge < -0.3 is 18.7 Å². The molecule has 10 nitrogen and oxygen atoms in total. The van der Waals surface area contributed by atoms with Crippen molar-refractivity contribution in [3.05, 3.63) is 42.2 Å². The minimum atomic E-state index is -0.248. The Labute approximate surface area is 167 Å². The van der Waals surface area contributed by atoms with Crippen LogP contribution in [0.15, 0.2) is 41.2 Å². The van der Waals surface area contributed by atoms with Crippen molar-refractivity contribution in [2.45, 2.75) is 12.8 Å². The summed E-state index contributed by atoms with van der Waals surface area (Å²) in [5, 5.41) is 3.85. The molecule has 0 spiro atoms. The molecule has 29 heavy (non-hydrogen) atoms. The number of amides is 1. The van der Waals surface area contributed by atoms with Crippen molar-refractivity contribution in [2.24, 2.45) is 0 Å². The van der Waals surface area contributed by atoms with Gasteiger partial charge in [-0.05, 0) is 36.2 Å². The Hall–Kier alpha value is -3.82. The third-order valence-corrected chi connectivity index (χ3v) is 4.04. The maximum atomic E-state index is 12.1. The molecule has 0 saturated heterocycles. The summed E-state index contributed by atoms with van der Waals surface area (Å²) in [4.78, 5) is 20.2. The maximum absolute atomic E-state index is 12.1. The molecule has 0 fully saturated rings. The van der Waals surface area contributed by atoms with E-state index in [1.165, 1.54) is 7.11 Å². The summed E-state index contributed by atoms with van der Waals surface area (Å²) in [5.41, 5.74) is 6.76. The van der Waals surface area contributed by atoms with Gasteiger partial charge in [0.2, 0.25) is 17.5 Å². The van der Waals surface area contributed by atoms with E-state index >= 15 is 0 Å². The number of rotatable bonds is 9. The minimum Gasteiger partial charge on any atom is -0.493 e. The Morgan fingerprint density at radius 2 is 1.76 bits per heavy atom. The fourth-order valence-corrected chi connectivity index (χ4v) is 2.62. The summed E-state index contributed by atoms with van der Waals surface area (Å²) >= 11 is 0. The van der Waals surface area contributed by atoms with E-state index in [0.29, 0.717) is 29.5 Å². The van der Waals surface area contributed by atoms with Gasteiger partial charge >= 0.3 is 6.01 Å². The SMILES string of the molecule is COc1cc(CCC(=O)NNc2nc(-c3ccncc3)no2)cc(OC)c1OC. The molecular formula is C19H21N5O5. The number of nitrogens with one attached hydrogen (secondary N) is 2. The number of aryl methyl sites for hydroxylation is 1. The lowest BCUT2D eigenvalue weighted by Crippen LogP contribution is -2.29. The van der Waals surface area contributed by atoms with Crippen molar-refractivity contribution in [2.75, 3.05) is 26.8 Å². The number of anilines is 1. The maximum Gasteiger partial charge on any atom is 0.340 e. The van der Waals surface area contributed by atoms with Crippen LogP contribution in [0.1, 0.15) is 12.0 Å². The van der Waals surface area contributed by atoms with E-state index in [1.54, 1.807) is 50.9 Å². The number of nitrogens with zero attached hydrogens (tertiary/aromatic N) is 3. The third-order valence-electron chi connectivity index (χ3n) is 4.04. The second kappa shape index (κ2) is 9.40. The van der Waals surface area contributed by atoms with Crippen molar-refractivity contribution in [3.8, 4) is 28.6 Å². The van der Waals surface area contributed by atoms with Gasteiger partial charge in [0, 0.05) is 24.4 Å². The van der Waals surface area contributed by atoms with Crippen LogP contribution in [0.4, 0.5) is 6.01 Å². The predicted molar refractivity (Wildman–Crippen MR) is 104 cm³/mol. The van der Waals surface area contributed by atoms with Crippen molar-refractivity contribution in [1.82, 2.24) is 20.6 Å². The predicted octanol–water partition coefficient (Wildman–Crippen LogP) is 2.23. The van der Waals surface area contributed by atoms with Gasteiger partial charge in [0.05, 0.1) is 21.3 Å². The lowest BCUT2D eigenvalue weighted by Gasteiger charge is -2.14. The molecule has 0 unspecified atom stereocenters. The second-order valence-electron chi connectivity index (χ2n) is 5.87. The highest BCUT2D eigenvalue weighted by molar-refractivity contribution is 5.77. The molecule has 0 radical (unpaired) electrons. The Morgan fingerprint density at radius 3 is 2.38 bits per heavy atom. The number of carbonyl (C=O) groups is 1. The Morgan fingerprint density at radius 1 is 1.07 bits per heavy atom. The number of carbonyl (C=O) groups excluding carboxylic acids is 1. The van der Waals surface area contributed by atoms with E-state index in [9.17, 15) is 4.79 Å². The second-order valence-corrected chi connectivity index (χ2v) is 5.87. The number of methoxy groups -OCH3 is 3. The molecule has 0 atom stereocenters. The summed E-state index contributed by atoms with van der Waals surface area (Å²) in [5.74, 6) is 1.72. The highest BCUT2D eigenvalue weighted by atomic mass is 16.5. The van der Waals surface area contributed by atoms with Crippen LogP contribution >= 0.6 is 0 Å². The van der Waals surface area contributed by atoms with Gasteiger partial charge in [-0.25, -0.2) is 5.43 Å². The van der Waals surface area contributed by atoms with Crippen LogP contribution < -0.4 is 25.1 Å². The van der Waals surface area contributed by atoms with Gasteiger partial charge in [-0.3, -0.25) is 15.2 Å². The summed E-state index contributed by atoms with van der Waals surface area (Å²) in [7, 11) is 4.63. The van der Waals surface area contributed by atoms with E-state index in [-0.39, 0.29) is 18.3 Å². The molecule has 2 aromatic heterocycles. The number of hydrazine groups is 1. The lowest BCUT2D eigenvalue weighted by atomic mass is 10.1. The number of aromatic nitrogens is 3. The number of benzene rings is 1. The fraction of sp³-hybridized carbons (Fsp3) is 0.263. The summed E-state index contributed by atoms with van der Waals surface area (Å²) in [6.45, 7) is 0. The lowest BCUT2D eigenvalue weighted by molar-refractivity contribution is -0.120. The Balaban J connectivity index is 1.55. The van der Waals surface area contributed by atoms with Crippen LogP contribution in [-0.4, -0.2) is 42.4 Å². The van der Waals surface area contributed by atoms with Crippen LogP contribution in [0.5, 0.6) is 17.2 Å². The normalized spacial score (nSPS) is 10.3. The van der Waals surface area contributed by atoms with E-state index in [0.717, 1.165) is 11.1 Å². The van der Waals surface area contributed by atoms with Crippen molar-refractivity contribution >= 4 is 11.9 Å².